The molecular formula is C19H31NO5S. The second kappa shape index (κ2) is 9.80. The van der Waals surface area contributed by atoms with Crippen LogP contribution in [0.25, 0.3) is 0 Å². The molecule has 7 heteroatoms. The van der Waals surface area contributed by atoms with Crippen molar-refractivity contribution in [3.05, 3.63) is 23.8 Å². The molecule has 0 aliphatic rings. The van der Waals surface area contributed by atoms with Crippen LogP contribution >= 0.6 is 0 Å². The van der Waals surface area contributed by atoms with Crippen LogP contribution < -0.4 is 8.92 Å². The van der Waals surface area contributed by atoms with E-state index in [1.54, 1.807) is 12.1 Å². The van der Waals surface area contributed by atoms with Crippen molar-refractivity contribution in [3.8, 4) is 11.5 Å². The third-order valence-electron chi connectivity index (χ3n) is 3.69. The number of methoxy groups -OCH3 is 1. The van der Waals surface area contributed by atoms with Gasteiger partial charge < -0.3 is 13.8 Å². The van der Waals surface area contributed by atoms with E-state index < -0.39 is 10.1 Å². The number of carbonyl (C=O) groups excluding carboxylic acids is 1. The molecule has 0 saturated heterocycles. The lowest BCUT2D eigenvalue weighted by molar-refractivity contribution is -0.133. The molecular weight excluding hydrogens is 354 g/mol. The van der Waals surface area contributed by atoms with E-state index in [1.165, 1.54) is 14.0 Å². The molecule has 0 atom stereocenters. The van der Waals surface area contributed by atoms with E-state index in [2.05, 4.69) is 13.8 Å². The first-order valence-corrected chi connectivity index (χ1v) is 10.5. The maximum atomic E-state index is 12.6. The van der Waals surface area contributed by atoms with Gasteiger partial charge >= 0.3 is 10.1 Å². The fraction of sp³-hybridized carbons (Fsp3) is 0.632. The Hall–Kier alpha value is -1.76. The van der Waals surface area contributed by atoms with Gasteiger partial charge in [-0.3, -0.25) is 4.79 Å². The molecule has 0 aromatic heterocycles. The third-order valence-corrected chi connectivity index (χ3v) is 4.83. The number of amides is 1. The van der Waals surface area contributed by atoms with Gasteiger partial charge in [-0.05, 0) is 36.5 Å². The quantitative estimate of drug-likeness (QED) is 0.577. The fourth-order valence-electron chi connectivity index (χ4n) is 2.47. The molecule has 1 aromatic rings. The summed E-state index contributed by atoms with van der Waals surface area (Å²) < 4.78 is 33.9. The van der Waals surface area contributed by atoms with E-state index in [0.717, 1.165) is 5.56 Å². The van der Waals surface area contributed by atoms with Gasteiger partial charge in [-0.1, -0.05) is 33.8 Å². The molecule has 0 fully saturated rings. The summed E-state index contributed by atoms with van der Waals surface area (Å²) in [6.45, 7) is 10.7. The summed E-state index contributed by atoms with van der Waals surface area (Å²) in [7, 11) is -2.21. The van der Waals surface area contributed by atoms with E-state index in [1.807, 2.05) is 24.8 Å². The lowest BCUT2D eigenvalue weighted by Gasteiger charge is -2.26. The van der Waals surface area contributed by atoms with E-state index in [4.69, 9.17) is 8.92 Å². The van der Waals surface area contributed by atoms with Crippen LogP contribution in [0.1, 0.15) is 46.6 Å². The Kier molecular flexibility index (Phi) is 8.40. The molecule has 0 aliphatic carbocycles. The number of hydrogen-bond acceptors (Lipinski definition) is 5. The van der Waals surface area contributed by atoms with Crippen molar-refractivity contribution in [2.45, 2.75) is 47.6 Å². The molecule has 0 bridgehead atoms. The summed E-state index contributed by atoms with van der Waals surface area (Å²) in [6.07, 6.45) is 0.483. The van der Waals surface area contributed by atoms with Gasteiger partial charge in [0.1, 0.15) is 0 Å². The van der Waals surface area contributed by atoms with Gasteiger partial charge in [0.2, 0.25) is 5.91 Å². The minimum Gasteiger partial charge on any atom is -0.493 e. The Labute approximate surface area is 157 Å². The van der Waals surface area contributed by atoms with Crippen LogP contribution in [-0.2, 0) is 21.5 Å². The first kappa shape index (κ1) is 22.3. The minimum absolute atomic E-state index is 0.0909. The molecule has 6 nitrogen and oxygen atoms in total. The number of hydrogen-bond donors (Lipinski definition) is 0. The van der Waals surface area contributed by atoms with Gasteiger partial charge in [0, 0.05) is 19.5 Å². The predicted octanol–water partition coefficient (Wildman–Crippen LogP) is 3.45. The van der Waals surface area contributed by atoms with Crippen LogP contribution in [-0.4, -0.2) is 38.6 Å². The molecule has 0 heterocycles. The van der Waals surface area contributed by atoms with E-state index in [9.17, 15) is 13.2 Å². The van der Waals surface area contributed by atoms with Crippen LogP contribution in [0.3, 0.4) is 0 Å². The molecule has 1 rings (SSSR count). The van der Waals surface area contributed by atoms with Crippen LogP contribution in [0.5, 0.6) is 11.5 Å². The highest BCUT2D eigenvalue weighted by Gasteiger charge is 2.19. The fourth-order valence-corrected chi connectivity index (χ4v) is 3.00. The lowest BCUT2D eigenvalue weighted by atomic mass is 10.1. The second-order valence-electron chi connectivity index (χ2n) is 7.18. The Bertz CT molecular complexity index is 698. The summed E-state index contributed by atoms with van der Waals surface area (Å²) in [5.41, 5.74) is 0.796. The standard InChI is InChI=1S/C19H31NO5S/c1-7-26(22,23)25-18-11-16(8-9-17(18)24-6)13-20(12-15(4)5)19(21)10-14(2)3/h8-9,11,14-15H,7,10,12-13H2,1-6H3. The first-order chi connectivity index (χ1) is 12.1. The number of rotatable bonds is 10. The zero-order chi connectivity index (χ0) is 19.9. The molecule has 0 radical (unpaired) electrons. The average Bonchev–Trinajstić information content (AvgIpc) is 2.53. The normalized spacial score (nSPS) is 11.7. The van der Waals surface area contributed by atoms with Gasteiger partial charge in [0.05, 0.1) is 12.9 Å². The Morgan fingerprint density at radius 2 is 1.77 bits per heavy atom. The summed E-state index contributed by atoms with van der Waals surface area (Å²) in [5.74, 6) is 1.06. The Morgan fingerprint density at radius 1 is 1.12 bits per heavy atom. The Morgan fingerprint density at radius 3 is 2.27 bits per heavy atom. The van der Waals surface area contributed by atoms with Crippen molar-refractivity contribution < 1.29 is 22.1 Å². The number of ether oxygens (including phenoxy) is 1. The van der Waals surface area contributed by atoms with Gasteiger partial charge in [-0.25, -0.2) is 0 Å². The van der Waals surface area contributed by atoms with Crippen LogP contribution in [0.4, 0.5) is 0 Å². The largest absolute Gasteiger partial charge is 0.493 e. The van der Waals surface area contributed by atoms with Crippen molar-refractivity contribution in [2.24, 2.45) is 11.8 Å². The monoisotopic (exact) mass is 385 g/mol. The number of benzene rings is 1. The van der Waals surface area contributed by atoms with Gasteiger partial charge in [0.25, 0.3) is 0 Å². The Balaban J connectivity index is 3.09. The van der Waals surface area contributed by atoms with Crippen LogP contribution in [0, 0.1) is 11.8 Å². The topological polar surface area (TPSA) is 72.9 Å². The zero-order valence-corrected chi connectivity index (χ0v) is 17.4. The van der Waals surface area contributed by atoms with Crippen molar-refractivity contribution in [3.63, 3.8) is 0 Å². The maximum absolute atomic E-state index is 12.6. The van der Waals surface area contributed by atoms with Crippen LogP contribution in [0.15, 0.2) is 18.2 Å². The van der Waals surface area contributed by atoms with E-state index in [0.29, 0.717) is 31.2 Å². The highest BCUT2D eigenvalue weighted by atomic mass is 32.2. The molecule has 26 heavy (non-hydrogen) atoms. The molecule has 0 N–H and O–H groups in total. The van der Waals surface area contributed by atoms with E-state index >= 15 is 0 Å². The van der Waals surface area contributed by atoms with Crippen LogP contribution in [0.2, 0.25) is 0 Å². The highest BCUT2D eigenvalue weighted by Crippen LogP contribution is 2.30. The second-order valence-corrected chi connectivity index (χ2v) is 9.04. The van der Waals surface area contributed by atoms with Crippen molar-refractivity contribution in [1.82, 2.24) is 4.90 Å². The predicted molar refractivity (Wildman–Crippen MR) is 103 cm³/mol. The molecule has 1 amide bonds. The summed E-state index contributed by atoms with van der Waals surface area (Å²) in [4.78, 5) is 14.4. The maximum Gasteiger partial charge on any atom is 0.309 e. The molecule has 0 aliphatic heterocycles. The molecule has 0 unspecified atom stereocenters. The SMILES string of the molecule is CCS(=O)(=O)Oc1cc(CN(CC(C)C)C(=O)CC(C)C)ccc1OC. The van der Waals surface area contributed by atoms with Crippen molar-refractivity contribution in [1.29, 1.82) is 0 Å². The number of nitrogens with zero attached hydrogens (tertiary/aromatic N) is 1. The molecule has 148 valence electrons. The average molecular weight is 386 g/mol. The smallest absolute Gasteiger partial charge is 0.309 e. The molecule has 0 saturated carbocycles. The highest BCUT2D eigenvalue weighted by molar-refractivity contribution is 7.87. The summed E-state index contributed by atoms with van der Waals surface area (Å²) in [5, 5.41) is 0. The first-order valence-electron chi connectivity index (χ1n) is 8.94. The molecule has 1 aromatic carbocycles. The zero-order valence-electron chi connectivity index (χ0n) is 16.6. The molecule has 0 spiro atoms. The minimum atomic E-state index is -3.66. The van der Waals surface area contributed by atoms with Gasteiger partial charge in [0.15, 0.2) is 11.5 Å². The summed E-state index contributed by atoms with van der Waals surface area (Å²) >= 11 is 0. The van der Waals surface area contributed by atoms with E-state index in [-0.39, 0.29) is 23.3 Å². The van der Waals surface area contributed by atoms with Crippen molar-refractivity contribution in [2.75, 3.05) is 19.4 Å². The van der Waals surface area contributed by atoms with Gasteiger partial charge in [-0.15, -0.1) is 0 Å². The summed E-state index contributed by atoms with van der Waals surface area (Å²) in [6, 6.07) is 5.11. The third kappa shape index (κ3) is 7.23. The van der Waals surface area contributed by atoms with Crippen molar-refractivity contribution >= 4 is 16.0 Å². The van der Waals surface area contributed by atoms with Gasteiger partial charge in [-0.2, -0.15) is 8.42 Å². The number of carbonyl (C=O) groups is 1. The lowest BCUT2D eigenvalue weighted by Crippen LogP contribution is -2.34.